The summed E-state index contributed by atoms with van der Waals surface area (Å²) in [5, 5.41) is 4.60. The summed E-state index contributed by atoms with van der Waals surface area (Å²) in [6.07, 6.45) is 1.47. The molecule has 1 aromatic heterocycles. The number of hydrogen-bond acceptors (Lipinski definition) is 3. The van der Waals surface area contributed by atoms with Crippen LogP contribution in [0.2, 0.25) is 5.02 Å². The van der Waals surface area contributed by atoms with E-state index in [0.29, 0.717) is 22.9 Å². The van der Waals surface area contributed by atoms with E-state index >= 15 is 0 Å². The molecule has 1 heterocycles. The number of carbonyl (C=O) groups excluding carboxylic acids is 1. The molecule has 0 unspecified atom stereocenters. The molecule has 6 heteroatoms. The normalized spacial score (nSPS) is 10.5. The van der Waals surface area contributed by atoms with Crippen LogP contribution in [0, 0.1) is 0 Å². The third-order valence-corrected chi connectivity index (χ3v) is 3.25. The van der Waals surface area contributed by atoms with Crippen LogP contribution in [0.1, 0.15) is 16.1 Å². The Bertz CT molecular complexity index is 589. The number of nitrogen functional groups attached to an aromatic ring is 1. The SMILES string of the molecule is CN(Cc1ccccc1Cl)C(=O)c1c(N)cnn1C. The van der Waals surface area contributed by atoms with Gasteiger partial charge in [0.2, 0.25) is 0 Å². The minimum Gasteiger partial charge on any atom is -0.396 e. The molecule has 1 aromatic carbocycles. The van der Waals surface area contributed by atoms with Gasteiger partial charge in [-0.3, -0.25) is 9.48 Å². The predicted molar refractivity (Wildman–Crippen MR) is 74.9 cm³/mol. The van der Waals surface area contributed by atoms with Gasteiger partial charge in [0.05, 0.1) is 11.9 Å². The third-order valence-electron chi connectivity index (χ3n) is 2.88. The van der Waals surface area contributed by atoms with E-state index in [4.69, 9.17) is 17.3 Å². The summed E-state index contributed by atoms with van der Waals surface area (Å²) in [6.45, 7) is 0.420. The molecule has 0 fully saturated rings. The Kier molecular flexibility index (Phi) is 3.76. The quantitative estimate of drug-likeness (QED) is 0.933. The van der Waals surface area contributed by atoms with Gasteiger partial charge in [0.15, 0.2) is 0 Å². The maximum atomic E-state index is 12.3. The number of halogens is 1. The average molecular weight is 279 g/mol. The number of benzene rings is 1. The molecular weight excluding hydrogens is 264 g/mol. The molecule has 0 saturated carbocycles. The Hall–Kier alpha value is -2.01. The van der Waals surface area contributed by atoms with Crippen molar-refractivity contribution in [1.82, 2.24) is 14.7 Å². The summed E-state index contributed by atoms with van der Waals surface area (Å²) in [5.74, 6) is -0.183. The van der Waals surface area contributed by atoms with Gasteiger partial charge in [0, 0.05) is 25.7 Å². The molecule has 0 spiro atoms. The third kappa shape index (κ3) is 2.71. The largest absolute Gasteiger partial charge is 0.396 e. The summed E-state index contributed by atoms with van der Waals surface area (Å²) in [5.41, 5.74) is 7.39. The van der Waals surface area contributed by atoms with E-state index < -0.39 is 0 Å². The average Bonchev–Trinajstić information content (AvgIpc) is 2.71. The molecule has 0 aliphatic carbocycles. The zero-order valence-electron chi connectivity index (χ0n) is 10.8. The highest BCUT2D eigenvalue weighted by atomic mass is 35.5. The maximum Gasteiger partial charge on any atom is 0.274 e. The van der Waals surface area contributed by atoms with Crippen molar-refractivity contribution < 1.29 is 4.79 Å². The van der Waals surface area contributed by atoms with E-state index in [9.17, 15) is 4.79 Å². The fourth-order valence-electron chi connectivity index (χ4n) is 1.85. The molecule has 0 saturated heterocycles. The first-order chi connectivity index (χ1) is 9.00. The number of hydrogen-bond donors (Lipinski definition) is 1. The van der Waals surface area contributed by atoms with E-state index in [1.165, 1.54) is 10.9 Å². The lowest BCUT2D eigenvalue weighted by Gasteiger charge is -2.18. The lowest BCUT2D eigenvalue weighted by molar-refractivity contribution is 0.0775. The van der Waals surface area contributed by atoms with Crippen LogP contribution >= 0.6 is 11.6 Å². The molecule has 2 rings (SSSR count). The minimum atomic E-state index is -0.183. The monoisotopic (exact) mass is 278 g/mol. The number of aromatic nitrogens is 2. The van der Waals surface area contributed by atoms with Gasteiger partial charge in [-0.2, -0.15) is 5.10 Å². The highest BCUT2D eigenvalue weighted by molar-refractivity contribution is 6.31. The van der Waals surface area contributed by atoms with Crippen molar-refractivity contribution in [2.24, 2.45) is 7.05 Å². The molecule has 0 bridgehead atoms. The van der Waals surface area contributed by atoms with Gasteiger partial charge in [0.25, 0.3) is 5.91 Å². The van der Waals surface area contributed by atoms with Gasteiger partial charge in [0.1, 0.15) is 5.69 Å². The van der Waals surface area contributed by atoms with Gasteiger partial charge in [-0.05, 0) is 11.6 Å². The molecule has 0 radical (unpaired) electrons. The first kappa shape index (κ1) is 13.4. The molecule has 100 valence electrons. The van der Waals surface area contributed by atoms with Crippen molar-refractivity contribution in [3.8, 4) is 0 Å². The summed E-state index contributed by atoms with van der Waals surface area (Å²) < 4.78 is 1.47. The predicted octanol–water partition coefficient (Wildman–Crippen LogP) is 1.93. The lowest BCUT2D eigenvalue weighted by Crippen LogP contribution is -2.28. The zero-order valence-corrected chi connectivity index (χ0v) is 11.6. The maximum absolute atomic E-state index is 12.3. The minimum absolute atomic E-state index is 0.183. The van der Waals surface area contributed by atoms with E-state index in [0.717, 1.165) is 5.56 Å². The Morgan fingerprint density at radius 2 is 2.16 bits per heavy atom. The summed E-state index contributed by atoms with van der Waals surface area (Å²) >= 11 is 6.08. The van der Waals surface area contributed by atoms with Gasteiger partial charge < -0.3 is 10.6 Å². The highest BCUT2D eigenvalue weighted by Crippen LogP contribution is 2.18. The van der Waals surface area contributed by atoms with Crippen molar-refractivity contribution in [2.45, 2.75) is 6.54 Å². The number of nitrogens with two attached hydrogens (primary N) is 1. The second kappa shape index (κ2) is 5.32. The number of nitrogens with zero attached hydrogens (tertiary/aromatic N) is 3. The Morgan fingerprint density at radius 1 is 1.47 bits per heavy atom. The van der Waals surface area contributed by atoms with Crippen LogP contribution in [0.4, 0.5) is 5.69 Å². The van der Waals surface area contributed by atoms with Gasteiger partial charge >= 0.3 is 0 Å². The Labute approximate surface area is 116 Å². The molecule has 5 nitrogen and oxygen atoms in total. The topological polar surface area (TPSA) is 64.2 Å². The molecule has 0 aliphatic rings. The molecule has 0 atom stereocenters. The number of amides is 1. The molecule has 0 aliphatic heterocycles. The van der Waals surface area contributed by atoms with E-state index in [1.807, 2.05) is 18.2 Å². The fraction of sp³-hybridized carbons (Fsp3) is 0.231. The van der Waals surface area contributed by atoms with Crippen LogP contribution in [0.5, 0.6) is 0 Å². The van der Waals surface area contributed by atoms with Gasteiger partial charge in [-0.15, -0.1) is 0 Å². The molecule has 1 amide bonds. The van der Waals surface area contributed by atoms with Crippen LogP contribution in [-0.4, -0.2) is 27.6 Å². The van der Waals surface area contributed by atoms with Crippen LogP contribution < -0.4 is 5.73 Å². The first-order valence-electron chi connectivity index (χ1n) is 5.77. The van der Waals surface area contributed by atoms with E-state index in [1.54, 1.807) is 25.1 Å². The Morgan fingerprint density at radius 3 is 2.74 bits per heavy atom. The molecule has 2 aromatic rings. The summed E-state index contributed by atoms with van der Waals surface area (Å²) in [6, 6.07) is 7.43. The summed E-state index contributed by atoms with van der Waals surface area (Å²) in [7, 11) is 3.39. The van der Waals surface area contributed by atoms with E-state index in [2.05, 4.69) is 5.10 Å². The van der Waals surface area contributed by atoms with Gasteiger partial charge in [-0.25, -0.2) is 0 Å². The molecule has 2 N–H and O–H groups in total. The van der Waals surface area contributed by atoms with Crippen molar-refractivity contribution >= 4 is 23.2 Å². The summed E-state index contributed by atoms with van der Waals surface area (Å²) in [4.78, 5) is 13.9. The second-order valence-corrected chi connectivity index (χ2v) is 4.73. The standard InChI is InChI=1S/C13H15ClN4O/c1-17(8-9-5-3-4-6-10(9)14)13(19)12-11(15)7-16-18(12)2/h3-7H,8,15H2,1-2H3. The molecule has 19 heavy (non-hydrogen) atoms. The van der Waals surface area contributed by atoms with Crippen molar-refractivity contribution in [2.75, 3.05) is 12.8 Å². The van der Waals surface area contributed by atoms with Crippen LogP contribution in [0.15, 0.2) is 30.5 Å². The Balaban J connectivity index is 2.19. The van der Waals surface area contributed by atoms with Crippen LogP contribution in [0.25, 0.3) is 0 Å². The van der Waals surface area contributed by atoms with E-state index in [-0.39, 0.29) is 5.91 Å². The number of aryl methyl sites for hydroxylation is 1. The molecular formula is C13H15ClN4O. The number of rotatable bonds is 3. The van der Waals surface area contributed by atoms with Crippen molar-refractivity contribution in [1.29, 1.82) is 0 Å². The van der Waals surface area contributed by atoms with Crippen LogP contribution in [-0.2, 0) is 13.6 Å². The second-order valence-electron chi connectivity index (χ2n) is 4.32. The van der Waals surface area contributed by atoms with Crippen molar-refractivity contribution in [3.63, 3.8) is 0 Å². The zero-order chi connectivity index (χ0) is 14.0. The van der Waals surface area contributed by atoms with Crippen molar-refractivity contribution in [3.05, 3.63) is 46.7 Å². The first-order valence-corrected chi connectivity index (χ1v) is 6.15. The fourth-order valence-corrected chi connectivity index (χ4v) is 2.05. The van der Waals surface area contributed by atoms with Gasteiger partial charge in [-0.1, -0.05) is 29.8 Å². The number of anilines is 1. The highest BCUT2D eigenvalue weighted by Gasteiger charge is 2.19. The van der Waals surface area contributed by atoms with Crippen LogP contribution in [0.3, 0.4) is 0 Å². The smallest absolute Gasteiger partial charge is 0.274 e. The number of carbonyl (C=O) groups is 1. The lowest BCUT2D eigenvalue weighted by atomic mass is 10.2.